The molecule has 7 nitrogen and oxygen atoms in total. The van der Waals surface area contributed by atoms with Gasteiger partial charge in [0.2, 0.25) is 0 Å². The van der Waals surface area contributed by atoms with Gasteiger partial charge < -0.3 is 5.32 Å². The van der Waals surface area contributed by atoms with Crippen LogP contribution in [0.25, 0.3) is 11.4 Å². The van der Waals surface area contributed by atoms with E-state index in [2.05, 4.69) is 15.3 Å². The van der Waals surface area contributed by atoms with Gasteiger partial charge in [-0.1, -0.05) is 54.6 Å². The highest BCUT2D eigenvalue weighted by atomic mass is 32.2. The lowest BCUT2D eigenvalue weighted by molar-refractivity contribution is 0.102. The second-order valence-electron chi connectivity index (χ2n) is 6.95. The van der Waals surface area contributed by atoms with Crippen LogP contribution in [0.1, 0.15) is 10.4 Å². The first-order valence-electron chi connectivity index (χ1n) is 9.78. The lowest BCUT2D eigenvalue weighted by Gasteiger charge is -2.19. The molecule has 0 aliphatic rings. The summed E-state index contributed by atoms with van der Waals surface area (Å²) in [6.07, 6.45) is 2.88. The molecule has 8 heteroatoms. The van der Waals surface area contributed by atoms with Crippen LogP contribution in [0.2, 0.25) is 0 Å². The number of carbonyl (C=O) groups is 1. The third-order valence-corrected chi connectivity index (χ3v) is 6.60. The number of aromatic nitrogens is 2. The quantitative estimate of drug-likeness (QED) is 0.481. The smallest absolute Gasteiger partial charge is 0.264 e. The molecule has 0 bridgehead atoms. The number of hydrogen-bond donors (Lipinski definition) is 1. The van der Waals surface area contributed by atoms with Gasteiger partial charge in [0.05, 0.1) is 16.1 Å². The monoisotopic (exact) mass is 444 g/mol. The van der Waals surface area contributed by atoms with Crippen LogP contribution in [0.4, 0.5) is 11.4 Å². The highest BCUT2D eigenvalue weighted by molar-refractivity contribution is 7.92. The van der Waals surface area contributed by atoms with Crippen LogP contribution >= 0.6 is 0 Å². The SMILES string of the molecule is CN(c1ccccc1)S(=O)(=O)c1cccc(NC(=O)c2cnc(-c3ccccc3)nc2)c1. The first-order chi connectivity index (χ1) is 15.4. The fourth-order valence-corrected chi connectivity index (χ4v) is 4.30. The Morgan fingerprint density at radius 2 is 1.47 bits per heavy atom. The molecule has 1 amide bonds. The number of nitrogens with zero attached hydrogens (tertiary/aromatic N) is 3. The summed E-state index contributed by atoms with van der Waals surface area (Å²) in [6, 6.07) is 24.3. The molecule has 0 fully saturated rings. The molecule has 0 unspecified atom stereocenters. The van der Waals surface area contributed by atoms with Crippen molar-refractivity contribution in [3.05, 3.63) is 103 Å². The first-order valence-corrected chi connectivity index (χ1v) is 11.2. The Hall–Kier alpha value is -4.04. The molecule has 32 heavy (non-hydrogen) atoms. The molecule has 4 rings (SSSR count). The summed E-state index contributed by atoms with van der Waals surface area (Å²) >= 11 is 0. The number of anilines is 2. The maximum absolute atomic E-state index is 13.0. The molecule has 4 aromatic rings. The van der Waals surface area contributed by atoms with Crippen LogP contribution < -0.4 is 9.62 Å². The standard InChI is InChI=1S/C24H20N4O3S/c1-28(21-12-6-3-7-13-21)32(30,31)22-14-8-11-20(15-22)27-24(29)19-16-25-23(26-17-19)18-9-4-2-5-10-18/h2-17H,1H3,(H,27,29). The molecule has 0 aliphatic heterocycles. The van der Waals surface area contributed by atoms with E-state index in [-0.39, 0.29) is 10.5 Å². The summed E-state index contributed by atoms with van der Waals surface area (Å²) < 4.78 is 27.2. The molecule has 0 saturated heterocycles. The topological polar surface area (TPSA) is 92.3 Å². The number of rotatable bonds is 6. The van der Waals surface area contributed by atoms with Gasteiger partial charge >= 0.3 is 0 Å². The van der Waals surface area contributed by atoms with Crippen LogP contribution in [-0.2, 0) is 10.0 Å². The summed E-state index contributed by atoms with van der Waals surface area (Å²) in [5.41, 5.74) is 2.00. The van der Waals surface area contributed by atoms with E-state index in [9.17, 15) is 13.2 Å². The van der Waals surface area contributed by atoms with Crippen molar-refractivity contribution in [2.24, 2.45) is 0 Å². The van der Waals surface area contributed by atoms with Crippen LogP contribution in [0.15, 0.2) is 102 Å². The fraction of sp³-hybridized carbons (Fsp3) is 0.0417. The van der Waals surface area contributed by atoms with Crippen LogP contribution in [0.3, 0.4) is 0 Å². The highest BCUT2D eigenvalue weighted by Gasteiger charge is 2.21. The third-order valence-electron chi connectivity index (χ3n) is 4.82. The normalized spacial score (nSPS) is 11.0. The van der Waals surface area contributed by atoms with E-state index in [1.54, 1.807) is 36.4 Å². The summed E-state index contributed by atoms with van der Waals surface area (Å²) in [4.78, 5) is 21.2. The van der Waals surface area contributed by atoms with Crippen LogP contribution in [0.5, 0.6) is 0 Å². The summed E-state index contributed by atoms with van der Waals surface area (Å²) in [5.74, 6) is 0.0785. The Morgan fingerprint density at radius 3 is 2.12 bits per heavy atom. The zero-order valence-corrected chi connectivity index (χ0v) is 18.0. The molecule has 0 saturated carbocycles. The van der Waals surface area contributed by atoms with Gasteiger partial charge in [0.1, 0.15) is 0 Å². The molecule has 160 valence electrons. The van der Waals surface area contributed by atoms with E-state index in [0.29, 0.717) is 17.2 Å². The van der Waals surface area contributed by atoms with Crippen molar-refractivity contribution >= 4 is 27.3 Å². The molecule has 3 aromatic carbocycles. The molecular formula is C24H20N4O3S. The maximum Gasteiger partial charge on any atom is 0.264 e. The van der Waals surface area contributed by atoms with Crippen molar-refractivity contribution in [1.29, 1.82) is 0 Å². The van der Waals surface area contributed by atoms with Crippen molar-refractivity contribution in [3.8, 4) is 11.4 Å². The van der Waals surface area contributed by atoms with Gasteiger partial charge in [0, 0.05) is 30.7 Å². The minimum absolute atomic E-state index is 0.0670. The van der Waals surface area contributed by atoms with Crippen molar-refractivity contribution in [3.63, 3.8) is 0 Å². The van der Waals surface area contributed by atoms with E-state index in [4.69, 9.17) is 0 Å². The summed E-state index contributed by atoms with van der Waals surface area (Å²) in [6.45, 7) is 0. The van der Waals surface area contributed by atoms with E-state index in [1.165, 1.54) is 35.9 Å². The van der Waals surface area contributed by atoms with E-state index < -0.39 is 15.9 Å². The second-order valence-corrected chi connectivity index (χ2v) is 8.92. The number of nitrogens with one attached hydrogen (secondary N) is 1. The first kappa shape index (κ1) is 21.2. The van der Waals surface area contributed by atoms with Crippen molar-refractivity contribution in [1.82, 2.24) is 9.97 Å². The maximum atomic E-state index is 13.0. The fourth-order valence-electron chi connectivity index (χ4n) is 3.05. The number of amides is 1. The van der Waals surface area contributed by atoms with Crippen molar-refractivity contribution in [2.45, 2.75) is 4.90 Å². The molecule has 1 aromatic heterocycles. The van der Waals surface area contributed by atoms with Crippen molar-refractivity contribution < 1.29 is 13.2 Å². The Bertz CT molecular complexity index is 1330. The Balaban J connectivity index is 1.52. The van der Waals surface area contributed by atoms with Gasteiger partial charge in [0.15, 0.2) is 5.82 Å². The van der Waals surface area contributed by atoms with Gasteiger partial charge in [-0.2, -0.15) is 0 Å². The number of carbonyl (C=O) groups excluding carboxylic acids is 1. The molecule has 1 heterocycles. The molecule has 0 radical (unpaired) electrons. The van der Waals surface area contributed by atoms with E-state index in [0.717, 1.165) is 5.56 Å². The zero-order valence-electron chi connectivity index (χ0n) is 17.2. The second kappa shape index (κ2) is 8.99. The minimum atomic E-state index is -3.79. The lowest BCUT2D eigenvalue weighted by atomic mass is 10.2. The lowest BCUT2D eigenvalue weighted by Crippen LogP contribution is -2.26. The van der Waals surface area contributed by atoms with Gasteiger partial charge in [-0.05, 0) is 30.3 Å². The highest BCUT2D eigenvalue weighted by Crippen LogP contribution is 2.24. The summed E-state index contributed by atoms with van der Waals surface area (Å²) in [7, 11) is -2.31. The van der Waals surface area contributed by atoms with Gasteiger partial charge in [-0.25, -0.2) is 18.4 Å². The van der Waals surface area contributed by atoms with Crippen molar-refractivity contribution in [2.75, 3.05) is 16.7 Å². The van der Waals surface area contributed by atoms with E-state index in [1.807, 2.05) is 36.4 Å². The Labute approximate surface area is 186 Å². The zero-order chi connectivity index (χ0) is 22.6. The minimum Gasteiger partial charge on any atom is -0.322 e. The molecule has 0 atom stereocenters. The Kier molecular flexibility index (Phi) is 5.96. The number of hydrogen-bond acceptors (Lipinski definition) is 5. The Morgan fingerprint density at radius 1 is 0.844 bits per heavy atom. The van der Waals surface area contributed by atoms with Crippen LogP contribution in [0, 0.1) is 0 Å². The molecule has 0 aliphatic carbocycles. The molecular weight excluding hydrogens is 424 g/mol. The summed E-state index contributed by atoms with van der Waals surface area (Å²) in [5, 5.41) is 2.71. The van der Waals surface area contributed by atoms with Gasteiger partial charge in [-0.15, -0.1) is 0 Å². The number of para-hydroxylation sites is 1. The van der Waals surface area contributed by atoms with Crippen LogP contribution in [-0.4, -0.2) is 31.3 Å². The largest absolute Gasteiger partial charge is 0.322 e. The van der Waals surface area contributed by atoms with E-state index >= 15 is 0 Å². The predicted octanol–water partition coefficient (Wildman–Crippen LogP) is 4.22. The molecule has 1 N–H and O–H groups in total. The number of benzene rings is 3. The third kappa shape index (κ3) is 4.50. The average Bonchev–Trinajstić information content (AvgIpc) is 2.85. The van der Waals surface area contributed by atoms with Gasteiger partial charge in [0.25, 0.3) is 15.9 Å². The predicted molar refractivity (Wildman–Crippen MR) is 124 cm³/mol. The van der Waals surface area contributed by atoms with Gasteiger partial charge in [-0.3, -0.25) is 9.10 Å². The average molecular weight is 445 g/mol. The number of sulfonamides is 1. The molecule has 0 spiro atoms.